The molecule has 2 atom stereocenters. The highest BCUT2D eigenvalue weighted by Crippen LogP contribution is 2.28. The minimum atomic E-state index is -0.915. The molecule has 0 bridgehead atoms. The van der Waals surface area contributed by atoms with E-state index in [0.717, 1.165) is 4.90 Å². The molecule has 1 fully saturated rings. The number of hydrogen-bond acceptors (Lipinski definition) is 5. The van der Waals surface area contributed by atoms with Gasteiger partial charge >= 0.3 is 12.1 Å². The van der Waals surface area contributed by atoms with Crippen LogP contribution in [0.15, 0.2) is 0 Å². The molecule has 6 nitrogen and oxygen atoms in total. The van der Waals surface area contributed by atoms with Gasteiger partial charge in [0.15, 0.2) is 0 Å². The molecule has 120 valence electrons. The summed E-state index contributed by atoms with van der Waals surface area (Å²) in [6, 6.07) is -0.915. The largest absolute Gasteiger partial charge is 0.458 e. The van der Waals surface area contributed by atoms with Gasteiger partial charge in [0.25, 0.3) is 0 Å². The first-order valence-electron chi connectivity index (χ1n) is 7.11. The van der Waals surface area contributed by atoms with Crippen molar-refractivity contribution in [2.75, 3.05) is 0 Å². The van der Waals surface area contributed by atoms with Gasteiger partial charge in [-0.25, -0.2) is 14.5 Å². The fourth-order valence-corrected chi connectivity index (χ4v) is 2.03. The molecule has 0 aliphatic carbocycles. The number of carbonyl (C=O) groups is 3. The molecule has 0 spiro atoms. The number of imide groups is 1. The summed E-state index contributed by atoms with van der Waals surface area (Å²) in [5, 5.41) is 0. The number of hydrogen-bond donors (Lipinski definition) is 0. The maximum Gasteiger partial charge on any atom is 0.417 e. The molecular formula is C15H25NO5. The average Bonchev–Trinajstić information content (AvgIpc) is 2.50. The first-order chi connectivity index (χ1) is 9.32. The van der Waals surface area contributed by atoms with Gasteiger partial charge < -0.3 is 9.47 Å². The molecule has 0 aromatic heterocycles. The predicted octanol–water partition coefficient (Wildman–Crippen LogP) is 2.50. The van der Waals surface area contributed by atoms with E-state index in [1.54, 1.807) is 48.5 Å². The van der Waals surface area contributed by atoms with Crippen molar-refractivity contribution in [3.05, 3.63) is 0 Å². The summed E-state index contributed by atoms with van der Waals surface area (Å²) in [5.74, 6) is -1.39. The zero-order valence-corrected chi connectivity index (χ0v) is 13.9. The quantitative estimate of drug-likeness (QED) is 0.696. The molecule has 0 unspecified atom stereocenters. The van der Waals surface area contributed by atoms with Crippen molar-refractivity contribution >= 4 is 18.0 Å². The Hall–Kier alpha value is -1.59. The zero-order chi connectivity index (χ0) is 16.6. The minimum Gasteiger partial charge on any atom is -0.458 e. The van der Waals surface area contributed by atoms with Crippen LogP contribution in [0.1, 0.15) is 54.9 Å². The van der Waals surface area contributed by atoms with Crippen molar-refractivity contribution < 1.29 is 23.9 Å². The van der Waals surface area contributed by atoms with E-state index < -0.39 is 41.1 Å². The molecule has 0 aromatic carbocycles. The number of nitrogens with zero attached hydrogens (tertiary/aromatic N) is 1. The predicted molar refractivity (Wildman–Crippen MR) is 76.5 cm³/mol. The van der Waals surface area contributed by atoms with E-state index in [-0.39, 0.29) is 6.42 Å². The van der Waals surface area contributed by atoms with E-state index in [2.05, 4.69) is 0 Å². The highest BCUT2D eigenvalue weighted by Gasteiger charge is 2.47. The fourth-order valence-electron chi connectivity index (χ4n) is 2.03. The summed E-state index contributed by atoms with van der Waals surface area (Å²) in [6.45, 7) is 12.0. The molecule has 2 amide bonds. The monoisotopic (exact) mass is 299 g/mol. The molecule has 21 heavy (non-hydrogen) atoms. The van der Waals surface area contributed by atoms with Gasteiger partial charge in [0, 0.05) is 5.92 Å². The van der Waals surface area contributed by atoms with Crippen molar-refractivity contribution in [1.82, 2.24) is 4.90 Å². The minimum absolute atomic E-state index is 0.257. The van der Waals surface area contributed by atoms with Gasteiger partial charge in [-0.1, -0.05) is 6.92 Å². The Morgan fingerprint density at radius 3 is 1.95 bits per heavy atom. The lowest BCUT2D eigenvalue weighted by molar-refractivity contribution is -0.161. The molecule has 1 aliphatic heterocycles. The number of likely N-dealkylation sites (tertiary alicyclic amines) is 1. The number of ether oxygens (including phenoxy) is 2. The first kappa shape index (κ1) is 17.5. The van der Waals surface area contributed by atoms with Crippen molar-refractivity contribution in [1.29, 1.82) is 0 Å². The lowest BCUT2D eigenvalue weighted by Crippen LogP contribution is -2.47. The second kappa shape index (κ2) is 5.66. The Labute approximate surface area is 125 Å². The second-order valence-electron chi connectivity index (χ2n) is 7.37. The van der Waals surface area contributed by atoms with Crippen molar-refractivity contribution in [2.45, 2.75) is 72.1 Å². The highest BCUT2D eigenvalue weighted by atomic mass is 16.6. The lowest BCUT2D eigenvalue weighted by Gasteiger charge is -2.28. The van der Waals surface area contributed by atoms with Gasteiger partial charge in [0.05, 0.1) is 0 Å². The van der Waals surface area contributed by atoms with Crippen LogP contribution in [-0.2, 0) is 19.1 Å². The fraction of sp³-hybridized carbons (Fsp3) is 0.800. The highest BCUT2D eigenvalue weighted by molar-refractivity contribution is 6.00. The molecule has 1 aliphatic rings. The van der Waals surface area contributed by atoms with Gasteiger partial charge in [-0.15, -0.1) is 0 Å². The van der Waals surface area contributed by atoms with E-state index in [1.807, 2.05) is 0 Å². The summed E-state index contributed by atoms with van der Waals surface area (Å²) in [5.41, 5.74) is -1.41. The Morgan fingerprint density at radius 1 is 1.05 bits per heavy atom. The number of carbonyl (C=O) groups excluding carboxylic acids is 3. The van der Waals surface area contributed by atoms with Crippen molar-refractivity contribution in [3.63, 3.8) is 0 Å². The van der Waals surface area contributed by atoms with Crippen molar-refractivity contribution in [2.24, 2.45) is 5.92 Å². The van der Waals surface area contributed by atoms with Gasteiger partial charge in [0.1, 0.15) is 17.2 Å². The van der Waals surface area contributed by atoms with Gasteiger partial charge in [-0.3, -0.25) is 4.79 Å². The lowest BCUT2D eigenvalue weighted by atomic mass is 10.1. The maximum absolute atomic E-state index is 12.2. The van der Waals surface area contributed by atoms with Crippen LogP contribution in [0.5, 0.6) is 0 Å². The summed E-state index contributed by atoms with van der Waals surface area (Å²) in [7, 11) is 0. The second-order valence-corrected chi connectivity index (χ2v) is 7.37. The molecule has 0 saturated carbocycles. The number of rotatable bonds is 1. The van der Waals surface area contributed by atoms with E-state index in [9.17, 15) is 14.4 Å². The van der Waals surface area contributed by atoms with Crippen LogP contribution in [0.2, 0.25) is 0 Å². The van der Waals surface area contributed by atoms with Crippen LogP contribution in [0.3, 0.4) is 0 Å². The molecule has 0 N–H and O–H groups in total. The maximum atomic E-state index is 12.2. The van der Waals surface area contributed by atoms with E-state index in [0.29, 0.717) is 0 Å². The Kier molecular flexibility index (Phi) is 4.70. The van der Waals surface area contributed by atoms with Crippen LogP contribution in [0, 0.1) is 5.92 Å². The van der Waals surface area contributed by atoms with E-state index in [1.165, 1.54) is 0 Å². The molecule has 1 rings (SSSR count). The van der Waals surface area contributed by atoms with E-state index in [4.69, 9.17) is 9.47 Å². The third kappa shape index (κ3) is 4.72. The van der Waals surface area contributed by atoms with Gasteiger partial charge in [0.2, 0.25) is 5.91 Å². The third-order valence-electron chi connectivity index (χ3n) is 2.82. The molecule has 0 radical (unpaired) electrons. The molecule has 1 saturated heterocycles. The molecule has 1 heterocycles. The Balaban J connectivity index is 2.94. The summed E-state index contributed by atoms with van der Waals surface area (Å²) in [6.07, 6.45) is -0.541. The third-order valence-corrected chi connectivity index (χ3v) is 2.82. The van der Waals surface area contributed by atoms with Crippen LogP contribution < -0.4 is 0 Å². The first-order valence-corrected chi connectivity index (χ1v) is 7.11. The molecule has 6 heteroatoms. The summed E-state index contributed by atoms with van der Waals surface area (Å²) >= 11 is 0. The zero-order valence-electron chi connectivity index (χ0n) is 13.9. The molecule has 0 aromatic rings. The van der Waals surface area contributed by atoms with Gasteiger partial charge in [-0.05, 0) is 48.0 Å². The summed E-state index contributed by atoms with van der Waals surface area (Å²) < 4.78 is 10.5. The topological polar surface area (TPSA) is 72.9 Å². The standard InChI is InChI=1S/C15H25NO5/c1-9-8-10(12(18)20-14(2,3)4)16(11(9)17)13(19)21-15(5,6)7/h9-10H,8H2,1-7H3/t9-,10-/m1/s1. The smallest absolute Gasteiger partial charge is 0.417 e. The Bertz CT molecular complexity index is 444. The van der Waals surface area contributed by atoms with Crippen LogP contribution in [0.4, 0.5) is 4.79 Å². The van der Waals surface area contributed by atoms with Crippen LogP contribution in [-0.4, -0.2) is 40.1 Å². The molecular weight excluding hydrogens is 274 g/mol. The van der Waals surface area contributed by atoms with Crippen LogP contribution in [0.25, 0.3) is 0 Å². The average molecular weight is 299 g/mol. The van der Waals surface area contributed by atoms with Gasteiger partial charge in [-0.2, -0.15) is 0 Å². The van der Waals surface area contributed by atoms with E-state index >= 15 is 0 Å². The SMILES string of the molecule is C[C@@H]1C[C@H](C(=O)OC(C)(C)C)N(C(=O)OC(C)(C)C)C1=O. The Morgan fingerprint density at radius 2 is 1.52 bits per heavy atom. The number of amides is 2. The normalized spacial score (nSPS) is 23.2. The number of esters is 1. The van der Waals surface area contributed by atoms with Crippen molar-refractivity contribution in [3.8, 4) is 0 Å². The summed E-state index contributed by atoms with van der Waals surface area (Å²) in [4.78, 5) is 37.4. The van der Waals surface area contributed by atoms with Crippen LogP contribution >= 0.6 is 0 Å².